The summed E-state index contributed by atoms with van der Waals surface area (Å²) in [5.74, 6) is 4.96. The molecule has 1 unspecified atom stereocenters. The van der Waals surface area contributed by atoms with E-state index < -0.39 is 23.6 Å². The Balaban J connectivity index is 2.13. The van der Waals surface area contributed by atoms with Crippen LogP contribution in [0.25, 0.3) is 0 Å². The molecule has 112 valence electrons. The van der Waals surface area contributed by atoms with Crippen LogP contribution in [-0.4, -0.2) is 4.98 Å². The molecule has 21 heavy (non-hydrogen) atoms. The molecule has 0 aliphatic rings. The zero-order chi connectivity index (χ0) is 15.5. The molecule has 0 fully saturated rings. The van der Waals surface area contributed by atoms with E-state index >= 15 is 0 Å². The molecule has 3 nitrogen and oxygen atoms in total. The molecule has 1 atom stereocenters. The van der Waals surface area contributed by atoms with Crippen LogP contribution in [0.3, 0.4) is 0 Å². The fourth-order valence-electron chi connectivity index (χ4n) is 1.91. The first-order valence-corrected chi connectivity index (χ1v) is 6.14. The number of hydrogen-bond acceptors (Lipinski definition) is 3. The number of pyridine rings is 1. The molecule has 3 N–H and O–H groups in total. The highest BCUT2D eigenvalue weighted by molar-refractivity contribution is 5.26. The van der Waals surface area contributed by atoms with Gasteiger partial charge in [-0.25, -0.2) is 4.39 Å². The van der Waals surface area contributed by atoms with E-state index in [2.05, 4.69) is 10.4 Å². The molecule has 1 aromatic heterocycles. The lowest BCUT2D eigenvalue weighted by Crippen LogP contribution is -2.30. The van der Waals surface area contributed by atoms with Gasteiger partial charge in [-0.3, -0.25) is 16.3 Å². The Morgan fingerprint density at radius 1 is 1.10 bits per heavy atom. The van der Waals surface area contributed by atoms with Gasteiger partial charge in [0.05, 0.1) is 23.5 Å². The molecular formula is C14H13F4N3. The summed E-state index contributed by atoms with van der Waals surface area (Å²) in [6.45, 7) is 0. The van der Waals surface area contributed by atoms with Gasteiger partial charge < -0.3 is 0 Å². The molecule has 0 aliphatic carbocycles. The monoisotopic (exact) mass is 299 g/mol. The second kappa shape index (κ2) is 6.19. The first-order valence-electron chi connectivity index (χ1n) is 6.14. The number of nitrogens with zero attached hydrogens (tertiary/aromatic N) is 1. The molecule has 7 heteroatoms. The van der Waals surface area contributed by atoms with E-state index in [9.17, 15) is 17.6 Å². The van der Waals surface area contributed by atoms with Gasteiger partial charge in [-0.2, -0.15) is 13.2 Å². The fraction of sp³-hybridized carbons (Fsp3) is 0.214. The quantitative estimate of drug-likeness (QED) is 0.518. The van der Waals surface area contributed by atoms with Crippen LogP contribution in [0, 0.1) is 5.82 Å². The van der Waals surface area contributed by atoms with Gasteiger partial charge in [0, 0.05) is 0 Å². The minimum Gasteiger partial charge on any atom is -0.271 e. The van der Waals surface area contributed by atoms with Crippen LogP contribution in [0.1, 0.15) is 22.9 Å². The average molecular weight is 299 g/mol. The predicted molar refractivity (Wildman–Crippen MR) is 69.4 cm³/mol. The number of hydrogen-bond donors (Lipinski definition) is 2. The maximum Gasteiger partial charge on any atom is 0.416 e. The van der Waals surface area contributed by atoms with Gasteiger partial charge in [-0.05, 0) is 36.2 Å². The van der Waals surface area contributed by atoms with Gasteiger partial charge in [-0.1, -0.05) is 12.1 Å². The van der Waals surface area contributed by atoms with Crippen molar-refractivity contribution in [3.05, 3.63) is 65.2 Å². The summed E-state index contributed by atoms with van der Waals surface area (Å²) in [7, 11) is 0. The lowest BCUT2D eigenvalue weighted by molar-refractivity contribution is -0.137. The lowest BCUT2D eigenvalue weighted by atomic mass is 10.0. The molecule has 0 amide bonds. The smallest absolute Gasteiger partial charge is 0.271 e. The molecule has 0 radical (unpaired) electrons. The molecule has 2 aromatic rings. The third-order valence-electron chi connectivity index (χ3n) is 3.03. The van der Waals surface area contributed by atoms with Gasteiger partial charge in [0.25, 0.3) is 0 Å². The largest absolute Gasteiger partial charge is 0.416 e. The second-order valence-corrected chi connectivity index (χ2v) is 4.52. The molecule has 0 aliphatic heterocycles. The average Bonchev–Trinajstić information content (AvgIpc) is 2.45. The molecular weight excluding hydrogens is 286 g/mol. The number of rotatable bonds is 4. The van der Waals surface area contributed by atoms with Crippen molar-refractivity contribution in [1.29, 1.82) is 0 Å². The summed E-state index contributed by atoms with van der Waals surface area (Å²) in [6.07, 6.45) is -2.96. The van der Waals surface area contributed by atoms with E-state index in [-0.39, 0.29) is 0 Å². The highest BCUT2D eigenvalue weighted by atomic mass is 19.4. The summed E-state index contributed by atoms with van der Waals surface area (Å²) < 4.78 is 50.2. The summed E-state index contributed by atoms with van der Waals surface area (Å²) in [4.78, 5) is 3.90. The van der Waals surface area contributed by atoms with E-state index in [4.69, 9.17) is 5.84 Å². The summed E-state index contributed by atoms with van der Waals surface area (Å²) in [5, 5.41) is 0. The van der Waals surface area contributed by atoms with Gasteiger partial charge in [0.1, 0.15) is 5.82 Å². The van der Waals surface area contributed by atoms with Crippen LogP contribution in [0.4, 0.5) is 17.6 Å². The predicted octanol–water partition coefficient (Wildman–Crippen LogP) is 2.99. The Kier molecular flexibility index (Phi) is 4.54. The zero-order valence-corrected chi connectivity index (χ0v) is 10.9. The third kappa shape index (κ3) is 3.99. The molecule has 0 spiro atoms. The standard InChI is InChI=1S/C14H13F4N3/c15-11-5-6-12(20-8-11)13(21-19)7-9-1-3-10(4-2-9)14(16,17)18/h1-6,8,13,21H,7,19H2. The maximum absolute atomic E-state index is 12.8. The van der Waals surface area contributed by atoms with Crippen LogP contribution in [0.15, 0.2) is 42.6 Å². The number of aromatic nitrogens is 1. The Morgan fingerprint density at radius 3 is 2.24 bits per heavy atom. The minimum absolute atomic E-state index is 0.341. The number of benzene rings is 1. The fourth-order valence-corrected chi connectivity index (χ4v) is 1.91. The molecule has 0 bridgehead atoms. The van der Waals surface area contributed by atoms with Crippen molar-refractivity contribution < 1.29 is 17.6 Å². The van der Waals surface area contributed by atoms with Crippen LogP contribution in [-0.2, 0) is 12.6 Å². The molecule has 1 heterocycles. The number of alkyl halides is 3. The molecule has 0 saturated heterocycles. The molecule has 2 rings (SSSR count). The zero-order valence-electron chi connectivity index (χ0n) is 10.9. The van der Waals surface area contributed by atoms with Crippen molar-refractivity contribution in [3.63, 3.8) is 0 Å². The van der Waals surface area contributed by atoms with Gasteiger partial charge in [0.2, 0.25) is 0 Å². The van der Waals surface area contributed by atoms with E-state index in [1.165, 1.54) is 24.3 Å². The SMILES string of the molecule is NNC(Cc1ccc(C(F)(F)F)cc1)c1ccc(F)cn1. The Labute approximate surface area is 118 Å². The Hall–Kier alpha value is -1.99. The summed E-state index contributed by atoms with van der Waals surface area (Å²) in [5.41, 5.74) is 3.00. The van der Waals surface area contributed by atoms with Crippen LogP contribution in [0.5, 0.6) is 0 Å². The van der Waals surface area contributed by atoms with Crippen LogP contribution < -0.4 is 11.3 Å². The second-order valence-electron chi connectivity index (χ2n) is 4.52. The number of nitrogens with one attached hydrogen (secondary N) is 1. The molecule has 0 saturated carbocycles. The van der Waals surface area contributed by atoms with Gasteiger partial charge in [-0.15, -0.1) is 0 Å². The van der Waals surface area contributed by atoms with Crippen molar-refractivity contribution >= 4 is 0 Å². The van der Waals surface area contributed by atoms with Crippen LogP contribution >= 0.6 is 0 Å². The van der Waals surface area contributed by atoms with E-state index in [1.54, 1.807) is 0 Å². The normalized spacial score (nSPS) is 13.2. The van der Waals surface area contributed by atoms with Crippen molar-refractivity contribution in [2.24, 2.45) is 5.84 Å². The third-order valence-corrected chi connectivity index (χ3v) is 3.03. The van der Waals surface area contributed by atoms with Crippen LogP contribution in [0.2, 0.25) is 0 Å². The van der Waals surface area contributed by atoms with Gasteiger partial charge in [0.15, 0.2) is 0 Å². The van der Waals surface area contributed by atoms with E-state index in [1.807, 2.05) is 0 Å². The Bertz CT molecular complexity index is 579. The number of nitrogens with two attached hydrogens (primary N) is 1. The van der Waals surface area contributed by atoms with Crippen molar-refractivity contribution in [2.45, 2.75) is 18.6 Å². The number of halogens is 4. The highest BCUT2D eigenvalue weighted by Gasteiger charge is 2.30. The van der Waals surface area contributed by atoms with E-state index in [0.29, 0.717) is 17.7 Å². The lowest BCUT2D eigenvalue weighted by Gasteiger charge is -2.16. The first-order chi connectivity index (χ1) is 9.90. The first kappa shape index (κ1) is 15.4. The highest BCUT2D eigenvalue weighted by Crippen LogP contribution is 2.29. The van der Waals surface area contributed by atoms with Gasteiger partial charge >= 0.3 is 6.18 Å². The number of hydrazine groups is 1. The topological polar surface area (TPSA) is 50.9 Å². The summed E-state index contributed by atoms with van der Waals surface area (Å²) >= 11 is 0. The Morgan fingerprint density at radius 2 is 1.76 bits per heavy atom. The van der Waals surface area contributed by atoms with Crippen molar-refractivity contribution in [1.82, 2.24) is 10.4 Å². The van der Waals surface area contributed by atoms with Crippen molar-refractivity contribution in [2.75, 3.05) is 0 Å². The minimum atomic E-state index is -4.36. The summed E-state index contributed by atoms with van der Waals surface area (Å²) in [6, 6.07) is 7.11. The van der Waals surface area contributed by atoms with Crippen molar-refractivity contribution in [3.8, 4) is 0 Å². The maximum atomic E-state index is 12.8. The molecule has 1 aromatic carbocycles. The van der Waals surface area contributed by atoms with E-state index in [0.717, 1.165) is 18.3 Å².